The molecule has 2 heterocycles. The summed E-state index contributed by atoms with van der Waals surface area (Å²) in [4.78, 5) is 27.6. The number of rotatable bonds is 6. The van der Waals surface area contributed by atoms with Crippen LogP contribution in [0.15, 0.2) is 60.9 Å². The molecular formula is C27H22N6O4. The van der Waals surface area contributed by atoms with Gasteiger partial charge in [0.1, 0.15) is 6.07 Å². The number of esters is 2. The summed E-state index contributed by atoms with van der Waals surface area (Å²) >= 11 is 0. The molecule has 0 saturated heterocycles. The summed E-state index contributed by atoms with van der Waals surface area (Å²) in [6.45, 7) is 11.4. The molecule has 10 heteroatoms. The van der Waals surface area contributed by atoms with Crippen LogP contribution in [0, 0.1) is 17.9 Å². The molecule has 10 nitrogen and oxygen atoms in total. The first-order chi connectivity index (χ1) is 17.7. The minimum absolute atomic E-state index is 0.277. The Morgan fingerprint density at radius 2 is 1.43 bits per heavy atom. The molecule has 0 fully saturated rings. The summed E-state index contributed by atoms with van der Waals surface area (Å²) < 4.78 is 12.6. The molecule has 0 aliphatic heterocycles. The van der Waals surface area contributed by atoms with Gasteiger partial charge in [-0.15, -0.1) is 0 Å². The number of ether oxygens (including phenoxy) is 2. The molecule has 0 N–H and O–H groups in total. The van der Waals surface area contributed by atoms with Crippen molar-refractivity contribution in [2.24, 2.45) is 0 Å². The molecule has 4 rings (SSSR count). The largest absolute Gasteiger partial charge is 0.465 e. The number of carbonyl (C=O) groups excluding carboxylic acids is 2. The van der Waals surface area contributed by atoms with Gasteiger partial charge >= 0.3 is 11.9 Å². The van der Waals surface area contributed by atoms with Crippen molar-refractivity contribution < 1.29 is 19.1 Å². The highest BCUT2D eigenvalue weighted by Gasteiger charge is 2.35. The van der Waals surface area contributed by atoms with Gasteiger partial charge < -0.3 is 9.47 Å². The highest BCUT2D eigenvalue weighted by Crippen LogP contribution is 2.38. The van der Waals surface area contributed by atoms with Gasteiger partial charge in [0.15, 0.2) is 0 Å². The first-order valence-electron chi connectivity index (χ1n) is 11.1. The number of nitrogens with zero attached hydrogens (tertiary/aromatic N) is 6. The summed E-state index contributed by atoms with van der Waals surface area (Å²) in [5.74, 6) is -0.973. The lowest BCUT2D eigenvalue weighted by molar-refractivity contribution is 0.0592. The van der Waals surface area contributed by atoms with E-state index in [9.17, 15) is 14.9 Å². The Morgan fingerprint density at radius 1 is 0.919 bits per heavy atom. The first-order valence-corrected chi connectivity index (χ1v) is 11.1. The van der Waals surface area contributed by atoms with E-state index in [1.807, 2.05) is 13.8 Å². The zero-order valence-electron chi connectivity index (χ0n) is 20.6. The summed E-state index contributed by atoms with van der Waals surface area (Å²) in [7, 11) is 2.61. The summed E-state index contributed by atoms with van der Waals surface area (Å²) in [6, 6.07) is 15.6. The van der Waals surface area contributed by atoms with Gasteiger partial charge in [-0.2, -0.15) is 15.5 Å². The van der Waals surface area contributed by atoms with E-state index in [4.69, 9.17) is 16.0 Å². The number of aromatic nitrogens is 4. The minimum atomic E-state index is -0.943. The van der Waals surface area contributed by atoms with Crippen LogP contribution in [-0.2, 0) is 14.9 Å². The van der Waals surface area contributed by atoms with Crippen LogP contribution in [0.25, 0.3) is 16.2 Å². The number of nitriles is 1. The van der Waals surface area contributed by atoms with Crippen molar-refractivity contribution in [1.29, 1.82) is 5.26 Å². The second-order valence-corrected chi connectivity index (χ2v) is 8.58. The summed E-state index contributed by atoms with van der Waals surface area (Å²) in [5.41, 5.74) is 2.29. The topological polar surface area (TPSA) is 116 Å². The standard InChI is InChI=1S/C27H22N6O4/c1-27(2,23-19(14-28)15-32(30-23)20-10-6-8-17(12-20)25(34)36-4)24-22(29-3)16-33(31-24)21-11-7-9-18(13-21)26(35)37-5/h6-13,15-16H,1-2,4-5H3. The smallest absolute Gasteiger partial charge is 0.337 e. The van der Waals surface area contributed by atoms with Crippen molar-refractivity contribution in [2.75, 3.05) is 14.2 Å². The van der Waals surface area contributed by atoms with Gasteiger partial charge in [-0.3, -0.25) is 4.68 Å². The minimum Gasteiger partial charge on any atom is -0.465 e. The number of carbonyl (C=O) groups is 2. The van der Waals surface area contributed by atoms with Crippen molar-refractivity contribution >= 4 is 17.6 Å². The highest BCUT2D eigenvalue weighted by atomic mass is 16.5. The van der Waals surface area contributed by atoms with Crippen LogP contribution >= 0.6 is 0 Å². The van der Waals surface area contributed by atoms with Crippen LogP contribution in [0.1, 0.15) is 51.5 Å². The van der Waals surface area contributed by atoms with E-state index in [-0.39, 0.29) is 5.69 Å². The lowest BCUT2D eigenvalue weighted by Gasteiger charge is -2.21. The number of methoxy groups -OCH3 is 2. The van der Waals surface area contributed by atoms with Crippen molar-refractivity contribution in [1.82, 2.24) is 19.6 Å². The molecule has 0 spiro atoms. The molecule has 0 unspecified atom stereocenters. The Hall–Kier alpha value is -5.22. The molecule has 0 atom stereocenters. The molecule has 184 valence electrons. The van der Waals surface area contributed by atoms with E-state index < -0.39 is 17.4 Å². The predicted octanol–water partition coefficient (Wildman–Crippen LogP) is 4.38. The Bertz CT molecular complexity index is 1480. The summed E-state index contributed by atoms with van der Waals surface area (Å²) in [5, 5.41) is 19.2. The van der Waals surface area contributed by atoms with Crippen molar-refractivity contribution in [2.45, 2.75) is 19.3 Å². The quantitative estimate of drug-likeness (QED) is 0.288. The fourth-order valence-electron chi connectivity index (χ4n) is 3.97. The molecule has 0 aliphatic rings. The SMILES string of the molecule is [C-]#[N+]c1cn(-c2cccc(C(=O)OC)c2)nc1C(C)(C)c1nn(-c2cccc(C(=O)OC)c2)cc1C#N. The molecular weight excluding hydrogens is 472 g/mol. The monoisotopic (exact) mass is 494 g/mol. The molecule has 0 bridgehead atoms. The van der Waals surface area contributed by atoms with Gasteiger partial charge in [-0.05, 0) is 50.2 Å². The van der Waals surface area contributed by atoms with E-state index in [1.54, 1.807) is 60.9 Å². The molecule has 0 aliphatic carbocycles. The predicted molar refractivity (Wildman–Crippen MR) is 133 cm³/mol. The average molecular weight is 495 g/mol. The lowest BCUT2D eigenvalue weighted by Crippen LogP contribution is -2.22. The van der Waals surface area contributed by atoms with E-state index in [1.165, 1.54) is 23.6 Å². The second kappa shape index (κ2) is 9.80. The van der Waals surface area contributed by atoms with Crippen molar-refractivity contribution in [3.8, 4) is 17.4 Å². The van der Waals surface area contributed by atoms with Gasteiger partial charge in [-0.25, -0.2) is 19.1 Å². The Balaban J connectivity index is 1.79. The van der Waals surface area contributed by atoms with E-state index >= 15 is 0 Å². The molecule has 37 heavy (non-hydrogen) atoms. The van der Waals surface area contributed by atoms with Gasteiger partial charge in [-0.1, -0.05) is 12.1 Å². The maximum absolute atomic E-state index is 12.0. The number of hydrogen-bond acceptors (Lipinski definition) is 7. The maximum atomic E-state index is 12.0. The van der Waals surface area contributed by atoms with E-state index in [0.717, 1.165) is 0 Å². The first kappa shape index (κ1) is 24.9. The van der Waals surface area contributed by atoms with Gasteiger partial charge in [0.2, 0.25) is 5.69 Å². The van der Waals surface area contributed by atoms with E-state index in [0.29, 0.717) is 39.5 Å². The molecule has 0 saturated carbocycles. The van der Waals surface area contributed by atoms with E-state index in [2.05, 4.69) is 21.1 Å². The van der Waals surface area contributed by atoms with Crippen LogP contribution in [0.3, 0.4) is 0 Å². The van der Waals surface area contributed by atoms with Crippen LogP contribution in [0.4, 0.5) is 5.69 Å². The highest BCUT2D eigenvalue weighted by molar-refractivity contribution is 5.90. The van der Waals surface area contributed by atoms with Crippen molar-refractivity contribution in [3.05, 3.63) is 100 Å². The van der Waals surface area contributed by atoms with Crippen LogP contribution < -0.4 is 0 Å². The number of benzene rings is 2. The third-order valence-corrected chi connectivity index (χ3v) is 5.90. The van der Waals surface area contributed by atoms with Crippen LogP contribution in [0.5, 0.6) is 0 Å². The normalized spacial score (nSPS) is 10.9. The molecule has 0 amide bonds. The third kappa shape index (κ3) is 4.56. The Labute approximate surface area is 213 Å². The van der Waals surface area contributed by atoms with Gasteiger partial charge in [0.25, 0.3) is 0 Å². The lowest BCUT2D eigenvalue weighted by atomic mass is 9.83. The zero-order chi connectivity index (χ0) is 26.7. The third-order valence-electron chi connectivity index (χ3n) is 5.90. The fraction of sp³-hybridized carbons (Fsp3) is 0.185. The summed E-state index contributed by atoms with van der Waals surface area (Å²) in [6.07, 6.45) is 3.14. The molecule has 4 aromatic rings. The van der Waals surface area contributed by atoms with Crippen LogP contribution in [-0.4, -0.2) is 45.7 Å². The van der Waals surface area contributed by atoms with Gasteiger partial charge in [0.05, 0.1) is 60.2 Å². The van der Waals surface area contributed by atoms with Crippen LogP contribution in [0.2, 0.25) is 0 Å². The molecule has 0 radical (unpaired) electrons. The zero-order valence-corrected chi connectivity index (χ0v) is 20.6. The molecule has 2 aromatic heterocycles. The fourth-order valence-corrected chi connectivity index (χ4v) is 3.97. The maximum Gasteiger partial charge on any atom is 0.337 e. The van der Waals surface area contributed by atoms with Crippen molar-refractivity contribution in [3.63, 3.8) is 0 Å². The Kier molecular flexibility index (Phi) is 6.59. The molecule has 2 aromatic carbocycles. The van der Waals surface area contributed by atoms with Gasteiger partial charge in [0, 0.05) is 17.8 Å². The average Bonchev–Trinajstić information content (AvgIpc) is 3.58. The Morgan fingerprint density at radius 3 is 1.92 bits per heavy atom. The second-order valence-electron chi connectivity index (χ2n) is 8.58. The number of hydrogen-bond donors (Lipinski definition) is 0.